The van der Waals surface area contributed by atoms with Crippen LogP contribution in [-0.2, 0) is 0 Å². The van der Waals surface area contributed by atoms with E-state index in [9.17, 15) is 4.79 Å². The number of hydrogen-bond acceptors (Lipinski definition) is 6. The van der Waals surface area contributed by atoms with E-state index >= 15 is 0 Å². The van der Waals surface area contributed by atoms with Gasteiger partial charge in [-0.25, -0.2) is 9.97 Å². The Kier molecular flexibility index (Phi) is 3.24. The number of carbonyl (C=O) groups excluding carboxylic acids is 1. The standard InChI is InChI=1S/C14H8BrN3O2S2/c1-6-16-7-2-3-8-12(11(7)21-6)22-14(17-8)18-13(19)9-4-5-10(15)20-9/h2-5H,1H3,(H,17,18,19). The predicted molar refractivity (Wildman–Crippen MR) is 91.9 cm³/mol. The van der Waals surface area contributed by atoms with Crippen LogP contribution in [0.1, 0.15) is 15.6 Å². The number of fused-ring (bicyclic) bond motifs is 3. The summed E-state index contributed by atoms with van der Waals surface area (Å²) in [7, 11) is 0. The molecule has 1 aromatic carbocycles. The van der Waals surface area contributed by atoms with Gasteiger partial charge in [0.15, 0.2) is 15.6 Å². The summed E-state index contributed by atoms with van der Waals surface area (Å²) in [5.74, 6) is -0.0774. The summed E-state index contributed by atoms with van der Waals surface area (Å²) in [6, 6.07) is 7.16. The first kappa shape index (κ1) is 13.9. The zero-order chi connectivity index (χ0) is 15.3. The molecule has 0 radical (unpaired) electrons. The number of benzene rings is 1. The molecule has 0 fully saturated rings. The van der Waals surface area contributed by atoms with E-state index in [1.54, 1.807) is 23.5 Å². The Hall–Kier alpha value is -1.77. The molecule has 1 N–H and O–H groups in total. The van der Waals surface area contributed by atoms with Gasteiger partial charge in [0.1, 0.15) is 0 Å². The number of thiazole rings is 2. The zero-order valence-corrected chi connectivity index (χ0v) is 14.4. The third kappa shape index (κ3) is 2.33. The highest BCUT2D eigenvalue weighted by Gasteiger charge is 2.15. The smallest absolute Gasteiger partial charge is 0.293 e. The van der Waals surface area contributed by atoms with Crippen molar-refractivity contribution in [2.45, 2.75) is 6.92 Å². The molecule has 0 unspecified atom stereocenters. The molecule has 5 nitrogen and oxygen atoms in total. The molecular weight excluding hydrogens is 386 g/mol. The first-order chi connectivity index (χ1) is 10.6. The Morgan fingerprint density at radius 3 is 2.59 bits per heavy atom. The predicted octanol–water partition coefficient (Wildman–Crippen LogP) is 4.82. The summed E-state index contributed by atoms with van der Waals surface area (Å²) >= 11 is 6.26. The number of aromatic nitrogens is 2. The van der Waals surface area contributed by atoms with Gasteiger partial charge in [-0.05, 0) is 47.1 Å². The Balaban J connectivity index is 1.73. The van der Waals surface area contributed by atoms with Crippen LogP contribution in [0.25, 0.3) is 20.4 Å². The first-order valence-electron chi connectivity index (χ1n) is 6.33. The van der Waals surface area contributed by atoms with Crippen LogP contribution in [0.5, 0.6) is 0 Å². The van der Waals surface area contributed by atoms with Crippen LogP contribution in [-0.4, -0.2) is 15.9 Å². The summed E-state index contributed by atoms with van der Waals surface area (Å²) in [4.78, 5) is 21.0. The molecule has 0 atom stereocenters. The number of anilines is 1. The molecule has 4 rings (SSSR count). The molecule has 0 aliphatic rings. The van der Waals surface area contributed by atoms with Crippen LogP contribution < -0.4 is 5.32 Å². The van der Waals surface area contributed by atoms with Crippen molar-refractivity contribution < 1.29 is 9.21 Å². The van der Waals surface area contributed by atoms with Crippen LogP contribution >= 0.6 is 38.6 Å². The second-order valence-corrected chi connectivity index (χ2v) is 7.56. The highest BCUT2D eigenvalue weighted by atomic mass is 79.9. The Labute approximate surface area is 141 Å². The summed E-state index contributed by atoms with van der Waals surface area (Å²) < 4.78 is 7.90. The van der Waals surface area contributed by atoms with Crippen LogP contribution in [0.2, 0.25) is 0 Å². The fraction of sp³-hybridized carbons (Fsp3) is 0.0714. The molecule has 0 bridgehead atoms. The van der Waals surface area contributed by atoms with Gasteiger partial charge < -0.3 is 4.42 Å². The number of halogens is 1. The number of aryl methyl sites for hydroxylation is 1. The molecule has 0 aliphatic carbocycles. The summed E-state index contributed by atoms with van der Waals surface area (Å²) in [5, 5.41) is 4.33. The minimum Gasteiger partial charge on any atom is -0.444 e. The van der Waals surface area contributed by atoms with Gasteiger partial charge in [-0.2, -0.15) is 0 Å². The van der Waals surface area contributed by atoms with Gasteiger partial charge in [-0.1, -0.05) is 11.3 Å². The number of carbonyl (C=O) groups is 1. The number of amides is 1. The third-order valence-electron chi connectivity index (χ3n) is 3.04. The molecule has 1 amide bonds. The summed E-state index contributed by atoms with van der Waals surface area (Å²) in [5.41, 5.74) is 1.82. The second kappa shape index (κ2) is 5.15. The van der Waals surface area contributed by atoms with E-state index in [2.05, 4.69) is 31.2 Å². The Bertz CT molecular complexity index is 1020. The van der Waals surface area contributed by atoms with Crippen molar-refractivity contribution in [2.24, 2.45) is 0 Å². The van der Waals surface area contributed by atoms with E-state index in [1.165, 1.54) is 11.3 Å². The topological polar surface area (TPSA) is 68.0 Å². The molecule has 3 heterocycles. The lowest BCUT2D eigenvalue weighted by Gasteiger charge is -1.96. The van der Waals surface area contributed by atoms with E-state index in [0.29, 0.717) is 9.80 Å². The molecule has 0 spiro atoms. The van der Waals surface area contributed by atoms with Gasteiger partial charge in [-0.3, -0.25) is 10.1 Å². The van der Waals surface area contributed by atoms with Gasteiger partial charge in [0.2, 0.25) is 0 Å². The summed E-state index contributed by atoms with van der Waals surface area (Å²) in [6.45, 7) is 1.98. The molecule has 110 valence electrons. The van der Waals surface area contributed by atoms with Crippen molar-refractivity contribution in [3.05, 3.63) is 39.7 Å². The number of rotatable bonds is 2. The molecule has 22 heavy (non-hydrogen) atoms. The van der Waals surface area contributed by atoms with Crippen molar-refractivity contribution in [3.63, 3.8) is 0 Å². The van der Waals surface area contributed by atoms with Gasteiger partial charge in [-0.15, -0.1) is 11.3 Å². The number of furan rings is 1. The first-order valence-corrected chi connectivity index (χ1v) is 8.76. The van der Waals surface area contributed by atoms with Gasteiger partial charge in [0.05, 0.1) is 25.4 Å². The zero-order valence-electron chi connectivity index (χ0n) is 11.2. The van der Waals surface area contributed by atoms with Crippen molar-refractivity contribution in [3.8, 4) is 0 Å². The lowest BCUT2D eigenvalue weighted by atomic mass is 10.3. The van der Waals surface area contributed by atoms with Gasteiger partial charge >= 0.3 is 0 Å². The minimum atomic E-state index is -0.318. The quantitative estimate of drug-likeness (QED) is 0.529. The number of nitrogens with zero attached hydrogens (tertiary/aromatic N) is 2. The van der Waals surface area contributed by atoms with E-state index < -0.39 is 0 Å². The van der Waals surface area contributed by atoms with E-state index in [-0.39, 0.29) is 11.7 Å². The maximum absolute atomic E-state index is 12.1. The fourth-order valence-corrected chi connectivity index (χ4v) is 4.44. The highest BCUT2D eigenvalue weighted by molar-refractivity contribution is 9.10. The Morgan fingerprint density at radius 2 is 1.86 bits per heavy atom. The Morgan fingerprint density at radius 1 is 1.14 bits per heavy atom. The van der Waals surface area contributed by atoms with E-state index in [4.69, 9.17) is 4.42 Å². The highest BCUT2D eigenvalue weighted by Crippen LogP contribution is 2.35. The largest absolute Gasteiger partial charge is 0.444 e. The lowest BCUT2D eigenvalue weighted by molar-refractivity contribution is 0.0995. The SMILES string of the molecule is Cc1nc2ccc3nc(NC(=O)c4ccc(Br)o4)sc3c2s1. The van der Waals surface area contributed by atoms with Crippen LogP contribution in [0.15, 0.2) is 33.4 Å². The van der Waals surface area contributed by atoms with Crippen LogP contribution in [0.3, 0.4) is 0 Å². The van der Waals surface area contributed by atoms with E-state index in [0.717, 1.165) is 25.4 Å². The van der Waals surface area contributed by atoms with Crippen LogP contribution in [0, 0.1) is 6.92 Å². The number of hydrogen-bond donors (Lipinski definition) is 1. The normalized spacial score (nSPS) is 11.4. The number of nitrogens with one attached hydrogen (secondary N) is 1. The van der Waals surface area contributed by atoms with Gasteiger partial charge in [0.25, 0.3) is 5.91 Å². The summed E-state index contributed by atoms with van der Waals surface area (Å²) in [6.07, 6.45) is 0. The maximum atomic E-state index is 12.1. The third-order valence-corrected chi connectivity index (χ3v) is 5.60. The molecule has 0 aliphatic heterocycles. The molecule has 3 aromatic heterocycles. The van der Waals surface area contributed by atoms with Gasteiger partial charge in [0, 0.05) is 0 Å². The maximum Gasteiger partial charge on any atom is 0.293 e. The van der Waals surface area contributed by atoms with Crippen molar-refractivity contribution in [1.29, 1.82) is 0 Å². The van der Waals surface area contributed by atoms with Crippen LogP contribution in [0.4, 0.5) is 5.13 Å². The average Bonchev–Trinajstić information content (AvgIpc) is 3.15. The lowest BCUT2D eigenvalue weighted by Crippen LogP contribution is -2.10. The second-order valence-electron chi connectivity index (χ2n) is 4.57. The minimum absolute atomic E-state index is 0.241. The fourth-order valence-electron chi connectivity index (χ4n) is 2.13. The molecular formula is C14H8BrN3O2S2. The molecule has 0 saturated heterocycles. The molecule has 4 aromatic rings. The average molecular weight is 394 g/mol. The van der Waals surface area contributed by atoms with Crippen molar-refractivity contribution in [2.75, 3.05) is 5.32 Å². The molecule has 0 saturated carbocycles. The van der Waals surface area contributed by atoms with E-state index in [1.807, 2.05) is 19.1 Å². The van der Waals surface area contributed by atoms with Crippen molar-refractivity contribution >= 4 is 70.1 Å². The molecule has 8 heteroatoms. The monoisotopic (exact) mass is 393 g/mol. The van der Waals surface area contributed by atoms with Crippen molar-refractivity contribution in [1.82, 2.24) is 9.97 Å².